The summed E-state index contributed by atoms with van der Waals surface area (Å²) < 4.78 is 22.1. The van der Waals surface area contributed by atoms with E-state index in [-0.39, 0.29) is 11.9 Å². The van der Waals surface area contributed by atoms with Gasteiger partial charge in [0.05, 0.1) is 34.0 Å². The van der Waals surface area contributed by atoms with Gasteiger partial charge >= 0.3 is 0 Å². The number of hydrogen-bond donors (Lipinski definition) is 0. The van der Waals surface area contributed by atoms with E-state index in [1.165, 1.54) is 5.56 Å². The van der Waals surface area contributed by atoms with E-state index in [9.17, 15) is 4.79 Å². The number of rotatable bonds is 6. The molecule has 1 atom stereocenters. The number of ether oxygens (including phenoxy) is 4. The molecule has 150 valence electrons. The molecule has 0 N–H and O–H groups in total. The summed E-state index contributed by atoms with van der Waals surface area (Å²) in [5.74, 6) is 2.54. The van der Waals surface area contributed by atoms with Crippen molar-refractivity contribution in [3.8, 4) is 23.0 Å². The minimum absolute atomic E-state index is 0.0262. The second kappa shape index (κ2) is 8.42. The molecular formula is C22H27NO5. The molecule has 1 aliphatic heterocycles. The van der Waals surface area contributed by atoms with Gasteiger partial charge in [-0.3, -0.25) is 4.79 Å². The zero-order valence-corrected chi connectivity index (χ0v) is 17.1. The van der Waals surface area contributed by atoms with Crippen LogP contribution >= 0.6 is 0 Å². The van der Waals surface area contributed by atoms with Gasteiger partial charge in [-0.05, 0) is 54.3 Å². The Bertz CT molecular complexity index is 839. The molecule has 3 rings (SSSR count). The predicted octanol–water partition coefficient (Wildman–Crippen LogP) is 3.61. The lowest BCUT2D eigenvalue weighted by Gasteiger charge is -2.37. The standard InChI is InChI=1S/C22H27NO5/c1-6-28-17-7-8-18-15(11-17)9-10-23(14(2)24)21(18)16-12-19(25-3)22(27-5)20(13-16)26-4/h7-8,11-13,21H,6,9-10H2,1-5H3. The first-order valence-electron chi connectivity index (χ1n) is 9.36. The molecule has 0 aliphatic carbocycles. The van der Waals surface area contributed by atoms with Crippen molar-refractivity contribution < 1.29 is 23.7 Å². The largest absolute Gasteiger partial charge is 0.494 e. The fraction of sp³-hybridized carbons (Fsp3) is 0.409. The Morgan fingerprint density at radius 1 is 1.07 bits per heavy atom. The number of benzene rings is 2. The Labute approximate surface area is 166 Å². The molecular weight excluding hydrogens is 358 g/mol. The van der Waals surface area contributed by atoms with Crippen LogP contribution in [0, 0.1) is 0 Å². The third kappa shape index (κ3) is 3.59. The van der Waals surface area contributed by atoms with Crippen LogP contribution in [0.5, 0.6) is 23.0 Å². The number of amides is 1. The van der Waals surface area contributed by atoms with E-state index in [4.69, 9.17) is 18.9 Å². The summed E-state index contributed by atoms with van der Waals surface area (Å²) in [7, 11) is 4.76. The van der Waals surface area contributed by atoms with Gasteiger partial charge in [0.15, 0.2) is 11.5 Å². The molecule has 6 heteroatoms. The first-order valence-corrected chi connectivity index (χ1v) is 9.36. The van der Waals surface area contributed by atoms with E-state index < -0.39 is 0 Å². The highest BCUT2D eigenvalue weighted by Gasteiger charge is 2.32. The smallest absolute Gasteiger partial charge is 0.220 e. The van der Waals surface area contributed by atoms with E-state index in [0.717, 1.165) is 23.3 Å². The number of carbonyl (C=O) groups excluding carboxylic acids is 1. The van der Waals surface area contributed by atoms with Gasteiger partial charge in [0, 0.05) is 13.5 Å². The van der Waals surface area contributed by atoms with Crippen molar-refractivity contribution in [2.24, 2.45) is 0 Å². The number of fused-ring (bicyclic) bond motifs is 1. The first kappa shape index (κ1) is 19.9. The van der Waals surface area contributed by atoms with Gasteiger partial charge in [-0.25, -0.2) is 0 Å². The second-order valence-electron chi connectivity index (χ2n) is 6.62. The molecule has 6 nitrogen and oxygen atoms in total. The van der Waals surface area contributed by atoms with Crippen LogP contribution in [0.4, 0.5) is 0 Å². The fourth-order valence-electron chi connectivity index (χ4n) is 3.82. The van der Waals surface area contributed by atoms with Gasteiger partial charge in [0.2, 0.25) is 11.7 Å². The lowest BCUT2D eigenvalue weighted by molar-refractivity contribution is -0.130. The first-order chi connectivity index (χ1) is 13.5. The Morgan fingerprint density at radius 3 is 2.29 bits per heavy atom. The minimum Gasteiger partial charge on any atom is -0.494 e. The summed E-state index contributed by atoms with van der Waals surface area (Å²) in [6.07, 6.45) is 0.788. The second-order valence-corrected chi connectivity index (χ2v) is 6.62. The lowest BCUT2D eigenvalue weighted by atomic mass is 9.87. The van der Waals surface area contributed by atoms with E-state index in [1.54, 1.807) is 28.3 Å². The summed E-state index contributed by atoms with van der Waals surface area (Å²) >= 11 is 0. The van der Waals surface area contributed by atoms with Crippen molar-refractivity contribution >= 4 is 5.91 Å². The highest BCUT2D eigenvalue weighted by atomic mass is 16.5. The Balaban J connectivity index is 2.16. The van der Waals surface area contributed by atoms with Gasteiger partial charge in [0.25, 0.3) is 0 Å². The summed E-state index contributed by atoms with van der Waals surface area (Å²) in [4.78, 5) is 14.3. The van der Waals surface area contributed by atoms with Gasteiger partial charge in [-0.2, -0.15) is 0 Å². The van der Waals surface area contributed by atoms with Crippen LogP contribution in [0.2, 0.25) is 0 Å². The molecule has 0 saturated heterocycles. The summed E-state index contributed by atoms with van der Waals surface area (Å²) in [6.45, 7) is 4.83. The molecule has 0 bridgehead atoms. The Kier molecular flexibility index (Phi) is 5.97. The number of hydrogen-bond acceptors (Lipinski definition) is 5. The quantitative estimate of drug-likeness (QED) is 0.760. The van der Waals surface area contributed by atoms with Crippen molar-refractivity contribution in [2.75, 3.05) is 34.5 Å². The molecule has 1 unspecified atom stereocenters. The zero-order valence-electron chi connectivity index (χ0n) is 17.1. The lowest BCUT2D eigenvalue weighted by Crippen LogP contribution is -2.39. The maximum absolute atomic E-state index is 12.4. The highest BCUT2D eigenvalue weighted by molar-refractivity contribution is 5.75. The third-order valence-electron chi connectivity index (χ3n) is 5.06. The molecule has 2 aromatic carbocycles. The molecule has 1 aliphatic rings. The van der Waals surface area contributed by atoms with Gasteiger partial charge < -0.3 is 23.8 Å². The normalized spacial score (nSPS) is 15.6. The SMILES string of the molecule is CCOc1ccc2c(c1)CCN(C(C)=O)C2c1cc(OC)c(OC)c(OC)c1. The van der Waals surface area contributed by atoms with Crippen molar-refractivity contribution in [1.82, 2.24) is 4.90 Å². The molecule has 0 aromatic heterocycles. The Hall–Kier alpha value is -2.89. The van der Waals surface area contributed by atoms with E-state index in [1.807, 2.05) is 36.1 Å². The molecule has 0 fully saturated rings. The number of methoxy groups -OCH3 is 3. The maximum Gasteiger partial charge on any atom is 0.220 e. The van der Waals surface area contributed by atoms with Gasteiger partial charge in [0.1, 0.15) is 5.75 Å². The van der Waals surface area contributed by atoms with Crippen LogP contribution in [0.1, 0.15) is 36.6 Å². The van der Waals surface area contributed by atoms with Crippen molar-refractivity contribution in [1.29, 1.82) is 0 Å². The summed E-state index contributed by atoms with van der Waals surface area (Å²) in [5.41, 5.74) is 3.18. The molecule has 1 amide bonds. The summed E-state index contributed by atoms with van der Waals surface area (Å²) in [6, 6.07) is 9.66. The molecule has 0 spiro atoms. The van der Waals surface area contributed by atoms with Crippen LogP contribution in [0.3, 0.4) is 0 Å². The minimum atomic E-state index is -0.231. The van der Waals surface area contributed by atoms with Crippen LogP contribution in [-0.2, 0) is 11.2 Å². The average Bonchev–Trinajstić information content (AvgIpc) is 2.71. The average molecular weight is 385 g/mol. The van der Waals surface area contributed by atoms with Crippen LogP contribution in [0.15, 0.2) is 30.3 Å². The van der Waals surface area contributed by atoms with Gasteiger partial charge in [-0.1, -0.05) is 6.07 Å². The predicted molar refractivity (Wildman–Crippen MR) is 107 cm³/mol. The Morgan fingerprint density at radius 2 is 1.75 bits per heavy atom. The molecule has 1 heterocycles. The topological polar surface area (TPSA) is 57.2 Å². The van der Waals surface area contributed by atoms with Crippen LogP contribution in [-0.4, -0.2) is 45.3 Å². The number of nitrogens with zero attached hydrogens (tertiary/aromatic N) is 1. The molecule has 2 aromatic rings. The summed E-state index contributed by atoms with van der Waals surface area (Å²) in [5, 5.41) is 0. The van der Waals surface area contributed by atoms with E-state index in [2.05, 4.69) is 6.07 Å². The fourth-order valence-corrected chi connectivity index (χ4v) is 3.82. The zero-order chi connectivity index (χ0) is 20.3. The van der Waals surface area contributed by atoms with Crippen LogP contribution < -0.4 is 18.9 Å². The van der Waals surface area contributed by atoms with Gasteiger partial charge in [-0.15, -0.1) is 0 Å². The monoisotopic (exact) mass is 385 g/mol. The van der Waals surface area contributed by atoms with E-state index in [0.29, 0.717) is 30.4 Å². The van der Waals surface area contributed by atoms with Crippen molar-refractivity contribution in [3.05, 3.63) is 47.0 Å². The molecule has 0 radical (unpaired) electrons. The molecule has 28 heavy (non-hydrogen) atoms. The van der Waals surface area contributed by atoms with E-state index >= 15 is 0 Å². The molecule has 0 saturated carbocycles. The number of carbonyl (C=O) groups is 1. The third-order valence-corrected chi connectivity index (χ3v) is 5.06. The van der Waals surface area contributed by atoms with Crippen LogP contribution in [0.25, 0.3) is 0 Å². The van der Waals surface area contributed by atoms with Crippen molar-refractivity contribution in [3.63, 3.8) is 0 Å². The van der Waals surface area contributed by atoms with Crippen molar-refractivity contribution in [2.45, 2.75) is 26.3 Å². The maximum atomic E-state index is 12.4. The highest BCUT2D eigenvalue weighted by Crippen LogP contribution is 2.44.